The topological polar surface area (TPSA) is 84.2 Å². The van der Waals surface area contributed by atoms with Gasteiger partial charge >= 0.3 is 0 Å². The monoisotopic (exact) mass is 367 g/mol. The molecule has 0 bridgehead atoms. The molecule has 0 saturated heterocycles. The molecule has 5 nitrogen and oxygen atoms in total. The first-order chi connectivity index (χ1) is 11.4. The van der Waals surface area contributed by atoms with Crippen molar-refractivity contribution in [3.63, 3.8) is 0 Å². The van der Waals surface area contributed by atoms with E-state index in [1.54, 1.807) is 0 Å². The number of hydrogen-bond donors (Lipinski definition) is 3. The van der Waals surface area contributed by atoms with Gasteiger partial charge in [-0.2, -0.15) is 0 Å². The summed E-state index contributed by atoms with van der Waals surface area (Å²) < 4.78 is 0. The quantitative estimate of drug-likeness (QED) is 0.532. The predicted molar refractivity (Wildman–Crippen MR) is 103 cm³/mol. The van der Waals surface area contributed by atoms with E-state index in [-0.39, 0.29) is 11.0 Å². The number of rotatable bonds is 6. The summed E-state index contributed by atoms with van der Waals surface area (Å²) in [6.45, 7) is 4.30. The van der Waals surface area contributed by atoms with Gasteiger partial charge in [0.1, 0.15) is 5.00 Å². The fourth-order valence-corrected chi connectivity index (χ4v) is 4.66. The van der Waals surface area contributed by atoms with Crippen LogP contribution in [0.2, 0.25) is 0 Å². The van der Waals surface area contributed by atoms with Gasteiger partial charge in [-0.05, 0) is 49.4 Å². The fraction of sp³-hybridized carbons (Fsp3) is 0.588. The Morgan fingerprint density at radius 1 is 1.38 bits per heavy atom. The van der Waals surface area contributed by atoms with Gasteiger partial charge in [0.15, 0.2) is 5.11 Å². The lowest BCUT2D eigenvalue weighted by Crippen LogP contribution is -2.34. The normalized spacial score (nSPS) is 16.3. The highest BCUT2D eigenvalue weighted by Crippen LogP contribution is 2.39. The minimum absolute atomic E-state index is 0.100. The van der Waals surface area contributed by atoms with Gasteiger partial charge in [-0.15, -0.1) is 11.3 Å². The van der Waals surface area contributed by atoms with E-state index in [0.717, 1.165) is 44.1 Å². The number of thiophene rings is 1. The maximum atomic E-state index is 11.9. The maximum Gasteiger partial charge on any atom is 0.251 e. The van der Waals surface area contributed by atoms with Crippen molar-refractivity contribution in [2.45, 2.75) is 58.8 Å². The van der Waals surface area contributed by atoms with E-state index in [2.05, 4.69) is 24.5 Å². The third-order valence-corrected chi connectivity index (χ3v) is 5.62. The number of carbonyl (C=O) groups excluding carboxylic acids is 2. The van der Waals surface area contributed by atoms with Gasteiger partial charge in [0, 0.05) is 11.3 Å². The van der Waals surface area contributed by atoms with Gasteiger partial charge in [0.05, 0.1) is 5.56 Å². The summed E-state index contributed by atoms with van der Waals surface area (Å²) in [5, 5.41) is 6.56. The Hall–Kier alpha value is -1.47. The van der Waals surface area contributed by atoms with Crippen LogP contribution in [0.25, 0.3) is 0 Å². The van der Waals surface area contributed by atoms with Gasteiger partial charge in [-0.3, -0.25) is 9.59 Å². The van der Waals surface area contributed by atoms with E-state index < -0.39 is 5.91 Å². The van der Waals surface area contributed by atoms with Crippen molar-refractivity contribution in [2.75, 3.05) is 5.32 Å². The largest absolute Gasteiger partial charge is 0.365 e. The number of primary amides is 1. The van der Waals surface area contributed by atoms with Crippen LogP contribution >= 0.6 is 23.6 Å². The average molecular weight is 368 g/mol. The second kappa shape index (κ2) is 8.58. The number of carbonyl (C=O) groups is 2. The molecule has 0 unspecified atom stereocenters. The molecular weight excluding hydrogens is 342 g/mol. The summed E-state index contributed by atoms with van der Waals surface area (Å²) in [6.07, 6.45) is 6.27. The van der Waals surface area contributed by atoms with Crippen molar-refractivity contribution in [1.29, 1.82) is 0 Å². The second-order valence-corrected chi connectivity index (χ2v) is 7.89. The molecular formula is C17H25N3O2S2. The van der Waals surface area contributed by atoms with E-state index in [1.807, 2.05) is 0 Å². The zero-order valence-electron chi connectivity index (χ0n) is 14.2. The first-order valence-electron chi connectivity index (χ1n) is 8.47. The first kappa shape index (κ1) is 18.9. The van der Waals surface area contributed by atoms with Crippen LogP contribution in [0.5, 0.6) is 0 Å². The average Bonchev–Trinajstić information content (AvgIpc) is 2.84. The number of unbranched alkanes of at least 4 members (excludes halogenated alkanes) is 2. The summed E-state index contributed by atoms with van der Waals surface area (Å²) >= 11 is 6.73. The molecule has 4 N–H and O–H groups in total. The fourth-order valence-electron chi connectivity index (χ4n) is 2.96. The molecule has 2 rings (SSSR count). The van der Waals surface area contributed by atoms with Crippen molar-refractivity contribution >= 4 is 45.5 Å². The van der Waals surface area contributed by atoms with Crippen molar-refractivity contribution < 1.29 is 9.59 Å². The van der Waals surface area contributed by atoms with E-state index in [9.17, 15) is 9.59 Å². The highest BCUT2D eigenvalue weighted by atomic mass is 32.1. The van der Waals surface area contributed by atoms with E-state index in [0.29, 0.717) is 22.9 Å². The van der Waals surface area contributed by atoms with E-state index in [4.69, 9.17) is 18.0 Å². The SMILES string of the molecule is CCCCCC(=O)NC(=S)Nc1sc2c(c1C(N)=O)CC[C@@H](C)C2. The van der Waals surface area contributed by atoms with Crippen LogP contribution < -0.4 is 16.4 Å². The molecule has 0 fully saturated rings. The number of nitrogens with one attached hydrogen (secondary N) is 2. The molecule has 1 aromatic heterocycles. The second-order valence-electron chi connectivity index (χ2n) is 6.38. The molecule has 1 heterocycles. The number of fused-ring (bicyclic) bond motifs is 1. The first-order valence-corrected chi connectivity index (χ1v) is 9.70. The minimum Gasteiger partial charge on any atom is -0.365 e. The maximum absolute atomic E-state index is 11.9. The highest BCUT2D eigenvalue weighted by Gasteiger charge is 2.26. The van der Waals surface area contributed by atoms with Gasteiger partial charge in [0.25, 0.3) is 5.91 Å². The standard InChI is InChI=1S/C17H25N3O2S2/c1-3-4-5-6-13(21)19-17(23)20-16-14(15(18)22)11-8-7-10(2)9-12(11)24-16/h10H,3-9H2,1-2H3,(H2,18,22)(H2,19,20,21,23)/t10-/m1/s1. The van der Waals surface area contributed by atoms with Crippen LogP contribution in [0.3, 0.4) is 0 Å². The van der Waals surface area contributed by atoms with E-state index in [1.165, 1.54) is 16.2 Å². The van der Waals surface area contributed by atoms with Gasteiger partial charge in [-0.25, -0.2) is 0 Å². The molecule has 0 aromatic carbocycles. The van der Waals surface area contributed by atoms with Crippen molar-refractivity contribution in [3.05, 3.63) is 16.0 Å². The highest BCUT2D eigenvalue weighted by molar-refractivity contribution is 7.80. The summed E-state index contributed by atoms with van der Waals surface area (Å²) in [5.41, 5.74) is 7.15. The smallest absolute Gasteiger partial charge is 0.251 e. The molecule has 1 aromatic rings. The zero-order chi connectivity index (χ0) is 17.7. The number of nitrogens with two attached hydrogens (primary N) is 1. The number of anilines is 1. The van der Waals surface area contributed by atoms with Crippen LogP contribution in [-0.4, -0.2) is 16.9 Å². The van der Waals surface area contributed by atoms with Crippen molar-refractivity contribution in [3.8, 4) is 0 Å². The predicted octanol–water partition coefficient (Wildman–Crippen LogP) is 3.37. The van der Waals surface area contributed by atoms with Crippen LogP contribution in [0, 0.1) is 5.92 Å². The number of hydrogen-bond acceptors (Lipinski definition) is 4. The van der Waals surface area contributed by atoms with Crippen LogP contribution in [0.4, 0.5) is 5.00 Å². The summed E-state index contributed by atoms with van der Waals surface area (Å²) in [6, 6.07) is 0. The molecule has 7 heteroatoms. The van der Waals surface area contributed by atoms with Crippen molar-refractivity contribution in [2.24, 2.45) is 11.7 Å². The molecule has 2 amide bonds. The minimum atomic E-state index is -0.443. The zero-order valence-corrected chi connectivity index (χ0v) is 15.9. The van der Waals surface area contributed by atoms with Gasteiger partial charge < -0.3 is 16.4 Å². The Labute approximate surface area is 152 Å². The van der Waals surface area contributed by atoms with Crippen molar-refractivity contribution in [1.82, 2.24) is 5.32 Å². The molecule has 0 saturated carbocycles. The molecule has 0 aliphatic heterocycles. The van der Waals surface area contributed by atoms with Crippen LogP contribution in [0.1, 0.15) is 66.8 Å². The molecule has 0 spiro atoms. The molecule has 1 aliphatic rings. The third-order valence-electron chi connectivity index (χ3n) is 4.25. The lowest BCUT2D eigenvalue weighted by atomic mass is 9.88. The summed E-state index contributed by atoms with van der Waals surface area (Å²) in [5.74, 6) is 0.0630. The van der Waals surface area contributed by atoms with Gasteiger partial charge in [-0.1, -0.05) is 26.7 Å². The summed E-state index contributed by atoms with van der Waals surface area (Å²) in [7, 11) is 0. The Morgan fingerprint density at radius 3 is 2.79 bits per heavy atom. The number of thiocarbonyl (C=S) groups is 1. The molecule has 24 heavy (non-hydrogen) atoms. The number of amides is 2. The molecule has 1 atom stereocenters. The lowest BCUT2D eigenvalue weighted by Gasteiger charge is -2.18. The Bertz CT molecular complexity index is 640. The van der Waals surface area contributed by atoms with Crippen LogP contribution in [0.15, 0.2) is 0 Å². The van der Waals surface area contributed by atoms with Gasteiger partial charge in [0.2, 0.25) is 5.91 Å². The lowest BCUT2D eigenvalue weighted by molar-refractivity contribution is -0.119. The molecule has 132 valence electrons. The Morgan fingerprint density at radius 2 is 2.12 bits per heavy atom. The Balaban J connectivity index is 2.05. The third kappa shape index (κ3) is 4.77. The molecule has 0 radical (unpaired) electrons. The molecule has 1 aliphatic carbocycles. The van der Waals surface area contributed by atoms with Crippen LogP contribution in [-0.2, 0) is 17.6 Å². The summed E-state index contributed by atoms with van der Waals surface area (Å²) in [4.78, 5) is 24.9. The Kier molecular flexibility index (Phi) is 6.74. The van der Waals surface area contributed by atoms with E-state index >= 15 is 0 Å².